The van der Waals surface area contributed by atoms with Crippen LogP contribution in [0, 0.1) is 0 Å². The van der Waals surface area contributed by atoms with Crippen molar-refractivity contribution in [3.05, 3.63) is 59.7 Å². The molecule has 0 saturated carbocycles. The van der Waals surface area contributed by atoms with E-state index < -0.39 is 42.2 Å². The molecule has 3 atom stereocenters. The molecule has 3 amide bonds. The number of amides is 3. The molecule has 5 N–H and O–H groups in total. The fourth-order valence-electron chi connectivity index (χ4n) is 4.15. The monoisotopic (exact) mass is 543 g/mol. The van der Waals surface area contributed by atoms with Gasteiger partial charge in [0.25, 0.3) is 0 Å². The molecule has 214 valence electrons. The summed E-state index contributed by atoms with van der Waals surface area (Å²) in [6.07, 6.45) is 0.798. The van der Waals surface area contributed by atoms with Gasteiger partial charge in [-0.3, -0.25) is 9.59 Å². The minimum atomic E-state index is -1.16. The Bertz CT molecular complexity index is 1080. The van der Waals surface area contributed by atoms with Crippen molar-refractivity contribution in [3.63, 3.8) is 0 Å². The molecule has 0 bridgehead atoms. The van der Waals surface area contributed by atoms with Crippen LogP contribution in [0.3, 0.4) is 0 Å². The number of aromatic hydroxyl groups is 2. The number of nitrogens with zero attached hydrogens (tertiary/aromatic N) is 1. The number of phenolic OH excluding ortho intramolecular Hbond substituents is 2. The number of ether oxygens (including phenoxy) is 1. The van der Waals surface area contributed by atoms with Crippen LogP contribution in [-0.2, 0) is 20.7 Å². The van der Waals surface area contributed by atoms with Crippen molar-refractivity contribution in [1.29, 1.82) is 0 Å². The number of carbonyl (C=O) groups is 3. The molecule has 0 radical (unpaired) electrons. The smallest absolute Gasteiger partial charge is 0.408 e. The van der Waals surface area contributed by atoms with Crippen LogP contribution >= 0.6 is 0 Å². The van der Waals surface area contributed by atoms with E-state index in [9.17, 15) is 29.7 Å². The van der Waals surface area contributed by atoms with Crippen molar-refractivity contribution in [2.75, 3.05) is 13.2 Å². The average molecular weight is 544 g/mol. The summed E-state index contributed by atoms with van der Waals surface area (Å²) in [5.74, 6) is -1.02. The molecule has 39 heavy (non-hydrogen) atoms. The number of hydrogen-bond acceptors (Lipinski definition) is 7. The minimum Gasteiger partial charge on any atom is -0.508 e. The fourth-order valence-corrected chi connectivity index (χ4v) is 4.15. The SMILES string of the molecule is CCCC(C)NC(=O)C(c1ccc(O)cc1)N(CCO)C(=O)C(Cc1ccc(O)cc1)NC(=O)OC(C)(C)C. The number of alkyl carbamates (subject to hydrolysis) is 1. The van der Waals surface area contributed by atoms with Crippen LogP contribution in [0.5, 0.6) is 11.5 Å². The number of aliphatic hydroxyl groups excluding tert-OH is 1. The van der Waals surface area contributed by atoms with Gasteiger partial charge in [-0.05, 0) is 69.5 Å². The summed E-state index contributed by atoms with van der Waals surface area (Å²) < 4.78 is 5.38. The molecule has 10 heteroatoms. The van der Waals surface area contributed by atoms with Gasteiger partial charge in [0.1, 0.15) is 29.2 Å². The zero-order valence-corrected chi connectivity index (χ0v) is 23.3. The molecule has 0 aliphatic rings. The highest BCUT2D eigenvalue weighted by Gasteiger charge is 2.36. The Morgan fingerprint density at radius 3 is 2.03 bits per heavy atom. The molecule has 0 heterocycles. The van der Waals surface area contributed by atoms with Gasteiger partial charge in [-0.15, -0.1) is 0 Å². The second-order valence-electron chi connectivity index (χ2n) is 10.5. The molecule has 3 unspecified atom stereocenters. The molecule has 0 aliphatic carbocycles. The van der Waals surface area contributed by atoms with E-state index >= 15 is 0 Å². The third-order valence-electron chi connectivity index (χ3n) is 5.87. The zero-order valence-electron chi connectivity index (χ0n) is 23.3. The maximum atomic E-state index is 14.1. The average Bonchev–Trinajstić information content (AvgIpc) is 2.84. The van der Waals surface area contributed by atoms with Crippen LogP contribution in [0.2, 0.25) is 0 Å². The Hall–Kier alpha value is -3.79. The number of carbonyl (C=O) groups excluding carboxylic acids is 3. The molecule has 2 aromatic rings. The molecule has 2 aromatic carbocycles. The Kier molecular flexibility index (Phi) is 11.6. The van der Waals surface area contributed by atoms with Gasteiger partial charge in [0.15, 0.2) is 0 Å². The third-order valence-corrected chi connectivity index (χ3v) is 5.87. The van der Waals surface area contributed by atoms with Gasteiger partial charge in [0, 0.05) is 19.0 Å². The largest absolute Gasteiger partial charge is 0.508 e. The standard InChI is InChI=1S/C29H41N3O7/c1-6-7-19(2)30-26(36)25(21-10-14-23(35)15-11-21)32(16-17-33)27(37)24(31-28(38)39-29(3,4)5)18-20-8-12-22(34)13-9-20/h8-15,19,24-25,33-35H,6-7,16-18H2,1-5H3,(H,30,36)(H,31,38). The quantitative estimate of drug-likeness (QED) is 0.275. The maximum absolute atomic E-state index is 14.1. The lowest BCUT2D eigenvalue weighted by Crippen LogP contribution is -2.55. The van der Waals surface area contributed by atoms with Crippen LogP contribution in [0.25, 0.3) is 0 Å². The van der Waals surface area contributed by atoms with Crippen LogP contribution in [0.1, 0.15) is 64.6 Å². The number of hydrogen-bond donors (Lipinski definition) is 5. The van der Waals surface area contributed by atoms with Gasteiger partial charge in [-0.25, -0.2) is 4.79 Å². The first-order chi connectivity index (χ1) is 18.3. The van der Waals surface area contributed by atoms with Crippen LogP contribution in [-0.4, -0.2) is 69.0 Å². The summed E-state index contributed by atoms with van der Waals surface area (Å²) in [5, 5.41) is 34.9. The Morgan fingerprint density at radius 1 is 0.949 bits per heavy atom. The topological polar surface area (TPSA) is 148 Å². The lowest BCUT2D eigenvalue weighted by Gasteiger charge is -2.34. The molecular weight excluding hydrogens is 502 g/mol. The predicted molar refractivity (Wildman–Crippen MR) is 147 cm³/mol. The molecule has 10 nitrogen and oxygen atoms in total. The lowest BCUT2D eigenvalue weighted by molar-refractivity contribution is -0.143. The van der Waals surface area contributed by atoms with Gasteiger partial charge in [0.2, 0.25) is 11.8 Å². The minimum absolute atomic E-state index is 0.00547. The van der Waals surface area contributed by atoms with E-state index in [0.717, 1.165) is 12.8 Å². The molecule has 0 aliphatic heterocycles. The fraction of sp³-hybridized carbons (Fsp3) is 0.483. The molecule has 0 fully saturated rings. The molecule has 0 aromatic heterocycles. The highest BCUT2D eigenvalue weighted by atomic mass is 16.6. The molecule has 2 rings (SSSR count). The number of phenols is 2. The zero-order chi connectivity index (χ0) is 29.2. The van der Waals surface area contributed by atoms with Gasteiger partial charge in [-0.2, -0.15) is 0 Å². The molecule has 0 spiro atoms. The van der Waals surface area contributed by atoms with Gasteiger partial charge < -0.3 is 35.6 Å². The highest BCUT2D eigenvalue weighted by molar-refractivity contribution is 5.92. The first kappa shape index (κ1) is 31.4. The van der Waals surface area contributed by atoms with Crippen LogP contribution in [0.15, 0.2) is 48.5 Å². The van der Waals surface area contributed by atoms with Crippen LogP contribution in [0.4, 0.5) is 4.79 Å². The first-order valence-electron chi connectivity index (χ1n) is 13.1. The van der Waals surface area contributed by atoms with Crippen molar-refractivity contribution in [1.82, 2.24) is 15.5 Å². The highest BCUT2D eigenvalue weighted by Crippen LogP contribution is 2.25. The summed E-state index contributed by atoms with van der Waals surface area (Å²) in [6.45, 7) is 8.33. The lowest BCUT2D eigenvalue weighted by atomic mass is 9.99. The van der Waals surface area contributed by atoms with Crippen molar-refractivity contribution < 1.29 is 34.4 Å². The number of nitrogens with one attached hydrogen (secondary N) is 2. The summed E-state index contributed by atoms with van der Waals surface area (Å²) in [6, 6.07) is 9.63. The van der Waals surface area contributed by atoms with Crippen molar-refractivity contribution in [3.8, 4) is 11.5 Å². The predicted octanol–water partition coefficient (Wildman–Crippen LogP) is 3.40. The van der Waals surface area contributed by atoms with E-state index in [1.807, 2.05) is 13.8 Å². The van der Waals surface area contributed by atoms with Crippen LogP contribution < -0.4 is 10.6 Å². The van der Waals surface area contributed by atoms with E-state index in [1.54, 1.807) is 32.9 Å². The summed E-state index contributed by atoms with van der Waals surface area (Å²) in [7, 11) is 0. The first-order valence-corrected chi connectivity index (χ1v) is 13.1. The van der Waals surface area contributed by atoms with Crippen molar-refractivity contribution in [2.24, 2.45) is 0 Å². The van der Waals surface area contributed by atoms with E-state index in [1.165, 1.54) is 41.3 Å². The molecule has 0 saturated heterocycles. The summed E-state index contributed by atoms with van der Waals surface area (Å²) in [4.78, 5) is 41.6. The van der Waals surface area contributed by atoms with Crippen molar-refractivity contribution >= 4 is 17.9 Å². The summed E-state index contributed by atoms with van der Waals surface area (Å²) >= 11 is 0. The number of aliphatic hydroxyl groups is 1. The van der Waals surface area contributed by atoms with Crippen molar-refractivity contribution in [2.45, 2.75) is 77.6 Å². The number of benzene rings is 2. The van der Waals surface area contributed by atoms with E-state index in [-0.39, 0.29) is 30.5 Å². The van der Waals surface area contributed by atoms with Gasteiger partial charge >= 0.3 is 6.09 Å². The molecular formula is C29H41N3O7. The number of rotatable bonds is 12. The Morgan fingerprint density at radius 2 is 1.51 bits per heavy atom. The second kappa shape index (κ2) is 14.4. The Balaban J connectivity index is 2.51. The second-order valence-corrected chi connectivity index (χ2v) is 10.5. The third kappa shape index (κ3) is 10.1. The van der Waals surface area contributed by atoms with Gasteiger partial charge in [-0.1, -0.05) is 37.6 Å². The Labute approximate surface area is 230 Å². The van der Waals surface area contributed by atoms with E-state index in [4.69, 9.17) is 4.74 Å². The van der Waals surface area contributed by atoms with E-state index in [0.29, 0.717) is 11.1 Å². The summed E-state index contributed by atoms with van der Waals surface area (Å²) in [5.41, 5.74) is 0.259. The van der Waals surface area contributed by atoms with E-state index in [2.05, 4.69) is 10.6 Å². The normalized spacial score (nSPS) is 13.6. The maximum Gasteiger partial charge on any atom is 0.408 e. The van der Waals surface area contributed by atoms with Gasteiger partial charge in [0.05, 0.1) is 6.61 Å².